The number of nitrogens with zero attached hydrogens (tertiary/aromatic N) is 2. The van der Waals surface area contributed by atoms with Crippen LogP contribution in [0.25, 0.3) is 11.4 Å². The summed E-state index contributed by atoms with van der Waals surface area (Å²) < 4.78 is 40.4. The molecule has 0 aliphatic carbocycles. The topological polar surface area (TPSA) is 37.8 Å². The predicted molar refractivity (Wildman–Crippen MR) is 82.0 cm³/mol. The lowest BCUT2D eigenvalue weighted by molar-refractivity contribution is -0.137. The minimum atomic E-state index is -4.48. The van der Waals surface area contributed by atoms with E-state index in [1.54, 1.807) is 0 Å². The van der Waals surface area contributed by atoms with Gasteiger partial charge in [-0.3, -0.25) is 0 Å². The van der Waals surface area contributed by atoms with Crippen LogP contribution in [0.5, 0.6) is 0 Å². The molecule has 1 aromatic carbocycles. The Labute approximate surface area is 136 Å². The Kier molecular flexibility index (Phi) is 4.88. The first-order valence-corrected chi connectivity index (χ1v) is 7.55. The van der Waals surface area contributed by atoms with Crippen LogP contribution in [0.3, 0.4) is 0 Å². The quantitative estimate of drug-likeness (QED) is 0.743. The first-order chi connectivity index (χ1) is 9.82. The monoisotopic (exact) mass is 423 g/mol. The predicted octanol–water partition coefficient (Wildman–Crippen LogP) is 5.12. The highest BCUT2D eigenvalue weighted by molar-refractivity contribution is 9.10. The van der Waals surface area contributed by atoms with Crippen molar-refractivity contribution < 1.29 is 13.2 Å². The van der Waals surface area contributed by atoms with Crippen LogP contribution in [0.4, 0.5) is 19.0 Å². The maximum atomic E-state index is 13.1. The van der Waals surface area contributed by atoms with Gasteiger partial charge in [-0.15, -0.1) is 0 Å². The molecular formula is C13H10Br2F3N3. The highest BCUT2D eigenvalue weighted by Gasteiger charge is 2.34. The fraction of sp³-hybridized carbons (Fsp3) is 0.231. The van der Waals surface area contributed by atoms with Crippen molar-refractivity contribution >= 4 is 37.7 Å². The van der Waals surface area contributed by atoms with E-state index in [9.17, 15) is 13.2 Å². The van der Waals surface area contributed by atoms with Crippen molar-refractivity contribution in [3.63, 3.8) is 0 Å². The van der Waals surface area contributed by atoms with Crippen molar-refractivity contribution in [2.75, 3.05) is 11.9 Å². The highest BCUT2D eigenvalue weighted by Crippen LogP contribution is 2.38. The molecule has 1 aromatic heterocycles. The van der Waals surface area contributed by atoms with E-state index >= 15 is 0 Å². The number of anilines is 1. The van der Waals surface area contributed by atoms with E-state index in [-0.39, 0.29) is 11.4 Å². The number of hydrogen-bond donors (Lipinski definition) is 1. The average Bonchev–Trinajstić information content (AvgIpc) is 2.41. The van der Waals surface area contributed by atoms with Crippen LogP contribution in [0.15, 0.2) is 33.3 Å². The number of aromatic nitrogens is 2. The third-order valence-corrected chi connectivity index (χ3v) is 3.69. The van der Waals surface area contributed by atoms with Gasteiger partial charge in [0.1, 0.15) is 5.82 Å². The summed E-state index contributed by atoms with van der Waals surface area (Å²) in [4.78, 5) is 8.13. The summed E-state index contributed by atoms with van der Waals surface area (Å²) in [6.45, 7) is 2.47. The molecule has 2 rings (SSSR count). The second-order valence-corrected chi connectivity index (χ2v) is 5.88. The number of halogens is 5. The summed E-state index contributed by atoms with van der Waals surface area (Å²) in [5.41, 5.74) is -0.834. The van der Waals surface area contributed by atoms with Crippen molar-refractivity contribution in [2.45, 2.75) is 13.1 Å². The minimum Gasteiger partial charge on any atom is -0.369 e. The second-order valence-electron chi connectivity index (χ2n) is 4.11. The van der Waals surface area contributed by atoms with E-state index in [4.69, 9.17) is 0 Å². The van der Waals surface area contributed by atoms with Crippen LogP contribution >= 0.6 is 31.9 Å². The molecule has 112 valence electrons. The zero-order valence-electron chi connectivity index (χ0n) is 10.8. The molecule has 2 aromatic rings. The van der Waals surface area contributed by atoms with E-state index in [2.05, 4.69) is 47.1 Å². The molecule has 0 saturated heterocycles. The van der Waals surface area contributed by atoms with Crippen LogP contribution in [0, 0.1) is 0 Å². The highest BCUT2D eigenvalue weighted by atomic mass is 79.9. The fourth-order valence-corrected chi connectivity index (χ4v) is 2.43. The van der Waals surface area contributed by atoms with Gasteiger partial charge < -0.3 is 5.32 Å². The Morgan fingerprint density at radius 1 is 1.24 bits per heavy atom. The third-order valence-electron chi connectivity index (χ3n) is 2.62. The minimum absolute atomic E-state index is 0.0222. The lowest BCUT2D eigenvalue weighted by Crippen LogP contribution is -2.09. The lowest BCUT2D eigenvalue weighted by Gasteiger charge is -2.13. The van der Waals surface area contributed by atoms with E-state index in [1.807, 2.05) is 6.92 Å². The molecule has 1 N–H and O–H groups in total. The van der Waals surface area contributed by atoms with Gasteiger partial charge in [0.25, 0.3) is 0 Å². The fourth-order valence-electron chi connectivity index (χ4n) is 1.73. The van der Waals surface area contributed by atoms with E-state index in [0.29, 0.717) is 21.3 Å². The molecule has 0 radical (unpaired) electrons. The summed E-state index contributed by atoms with van der Waals surface area (Å²) in [7, 11) is 0. The molecule has 8 heteroatoms. The van der Waals surface area contributed by atoms with Gasteiger partial charge in [0.05, 0.1) is 10.0 Å². The standard InChI is InChI=1S/C13H10Br2F3N3/c1-2-19-12-10(15)6-20-11(21-12)8-4-3-7(14)5-9(8)13(16,17)18/h3-6H,2H2,1H3,(H,19,20,21). The van der Waals surface area contributed by atoms with Crippen molar-refractivity contribution in [1.29, 1.82) is 0 Å². The summed E-state index contributed by atoms with van der Waals surface area (Å²) in [6.07, 6.45) is -3.05. The van der Waals surface area contributed by atoms with Gasteiger partial charge in [-0.2, -0.15) is 13.2 Å². The van der Waals surface area contributed by atoms with Gasteiger partial charge in [-0.1, -0.05) is 15.9 Å². The van der Waals surface area contributed by atoms with Crippen LogP contribution in [0.1, 0.15) is 12.5 Å². The van der Waals surface area contributed by atoms with E-state index < -0.39 is 11.7 Å². The summed E-state index contributed by atoms with van der Waals surface area (Å²) >= 11 is 6.31. The Balaban J connectivity index is 2.59. The van der Waals surface area contributed by atoms with Crippen LogP contribution < -0.4 is 5.32 Å². The van der Waals surface area contributed by atoms with Crippen LogP contribution in [0.2, 0.25) is 0 Å². The average molecular weight is 425 g/mol. The molecule has 3 nitrogen and oxygen atoms in total. The molecule has 0 unspecified atom stereocenters. The number of alkyl halides is 3. The molecule has 0 bridgehead atoms. The molecule has 0 atom stereocenters. The lowest BCUT2D eigenvalue weighted by atomic mass is 10.1. The first-order valence-electron chi connectivity index (χ1n) is 5.96. The maximum absolute atomic E-state index is 13.1. The summed E-state index contributed by atoms with van der Waals surface area (Å²) in [6, 6.07) is 3.91. The molecular weight excluding hydrogens is 415 g/mol. The number of benzene rings is 1. The van der Waals surface area contributed by atoms with Crippen molar-refractivity contribution in [2.24, 2.45) is 0 Å². The van der Waals surface area contributed by atoms with E-state index in [1.165, 1.54) is 18.3 Å². The third kappa shape index (κ3) is 3.74. The summed E-state index contributed by atoms with van der Waals surface area (Å²) in [5, 5.41) is 2.97. The zero-order valence-corrected chi connectivity index (χ0v) is 14.0. The molecule has 0 spiro atoms. The molecule has 0 amide bonds. The largest absolute Gasteiger partial charge is 0.417 e. The van der Waals surface area contributed by atoms with Gasteiger partial charge in [0.15, 0.2) is 5.82 Å². The number of hydrogen-bond acceptors (Lipinski definition) is 3. The number of nitrogens with one attached hydrogen (secondary N) is 1. The molecule has 21 heavy (non-hydrogen) atoms. The second kappa shape index (κ2) is 6.31. The van der Waals surface area contributed by atoms with Crippen molar-refractivity contribution in [3.8, 4) is 11.4 Å². The molecule has 0 aliphatic heterocycles. The Morgan fingerprint density at radius 3 is 2.57 bits per heavy atom. The van der Waals surface area contributed by atoms with Gasteiger partial charge in [0.2, 0.25) is 0 Å². The van der Waals surface area contributed by atoms with Gasteiger partial charge in [0, 0.05) is 22.8 Å². The van der Waals surface area contributed by atoms with Gasteiger partial charge >= 0.3 is 6.18 Å². The number of rotatable bonds is 3. The molecule has 1 heterocycles. The summed E-state index contributed by atoms with van der Waals surface area (Å²) in [5.74, 6) is 0.479. The zero-order chi connectivity index (χ0) is 15.6. The maximum Gasteiger partial charge on any atom is 0.417 e. The van der Waals surface area contributed by atoms with E-state index in [0.717, 1.165) is 6.07 Å². The smallest absolute Gasteiger partial charge is 0.369 e. The van der Waals surface area contributed by atoms with Gasteiger partial charge in [-0.25, -0.2) is 9.97 Å². The molecule has 0 fully saturated rings. The van der Waals surface area contributed by atoms with Crippen LogP contribution in [-0.4, -0.2) is 16.5 Å². The molecule has 0 saturated carbocycles. The normalized spacial score (nSPS) is 11.5. The van der Waals surface area contributed by atoms with Crippen molar-refractivity contribution in [1.82, 2.24) is 9.97 Å². The first kappa shape index (κ1) is 16.2. The van der Waals surface area contributed by atoms with Crippen molar-refractivity contribution in [3.05, 3.63) is 38.9 Å². The van der Waals surface area contributed by atoms with Crippen LogP contribution in [-0.2, 0) is 6.18 Å². The Hall–Kier alpha value is -1.15. The van der Waals surface area contributed by atoms with Gasteiger partial charge in [-0.05, 0) is 41.1 Å². The SMILES string of the molecule is CCNc1nc(-c2ccc(Br)cc2C(F)(F)F)ncc1Br. The Bertz CT molecular complexity index is 660. The Morgan fingerprint density at radius 2 is 1.95 bits per heavy atom. The molecule has 0 aliphatic rings.